The number of hydrogen-bond donors (Lipinski definition) is 1. The molecular formula is C22H22BrN5O2. The number of urea groups is 1. The summed E-state index contributed by atoms with van der Waals surface area (Å²) in [6.45, 7) is 2.66. The van der Waals surface area contributed by atoms with Crippen LogP contribution in [-0.4, -0.2) is 54.2 Å². The van der Waals surface area contributed by atoms with E-state index < -0.39 is 0 Å². The highest BCUT2D eigenvalue weighted by atomic mass is 79.9. The van der Waals surface area contributed by atoms with Gasteiger partial charge in [-0.15, -0.1) is 0 Å². The first-order chi connectivity index (χ1) is 14.6. The number of hydrogen-bond acceptors (Lipinski definition) is 5. The summed E-state index contributed by atoms with van der Waals surface area (Å²) in [6, 6.07) is 17.3. The molecule has 0 bridgehead atoms. The molecule has 30 heavy (non-hydrogen) atoms. The lowest BCUT2D eigenvalue weighted by molar-refractivity contribution is 0.208. The van der Waals surface area contributed by atoms with Crippen LogP contribution in [0, 0.1) is 0 Å². The minimum absolute atomic E-state index is 0.0903. The third-order valence-electron chi connectivity index (χ3n) is 4.98. The number of amides is 2. The smallest absolute Gasteiger partial charge is 0.321 e. The van der Waals surface area contributed by atoms with Crippen molar-refractivity contribution in [3.63, 3.8) is 0 Å². The normalized spacial score (nSPS) is 13.8. The van der Waals surface area contributed by atoms with Gasteiger partial charge in [-0.25, -0.2) is 14.8 Å². The van der Waals surface area contributed by atoms with Crippen LogP contribution in [0.1, 0.15) is 0 Å². The monoisotopic (exact) mass is 467 g/mol. The standard InChI is InChI=1S/C22H22BrN5O2/c1-30-19-7-2-4-16(12-19)20-14-21(25-15-24-20)27-8-10-28(11-9-27)22(29)26-18-6-3-5-17(23)13-18/h2-7,12-15H,8-11H2,1H3,(H,26,29). The summed E-state index contributed by atoms with van der Waals surface area (Å²) >= 11 is 3.42. The van der Waals surface area contributed by atoms with Crippen molar-refractivity contribution in [2.45, 2.75) is 0 Å². The number of piperazine rings is 1. The van der Waals surface area contributed by atoms with Crippen LogP contribution < -0.4 is 15.0 Å². The molecule has 0 aliphatic carbocycles. The Morgan fingerprint density at radius 2 is 1.83 bits per heavy atom. The number of methoxy groups -OCH3 is 1. The number of rotatable bonds is 4. The van der Waals surface area contributed by atoms with Crippen LogP contribution in [0.4, 0.5) is 16.3 Å². The Bertz CT molecular complexity index is 1040. The van der Waals surface area contributed by atoms with Crippen molar-refractivity contribution in [2.24, 2.45) is 0 Å². The first-order valence-electron chi connectivity index (χ1n) is 9.65. The minimum atomic E-state index is -0.0903. The van der Waals surface area contributed by atoms with E-state index in [2.05, 4.69) is 36.1 Å². The maximum Gasteiger partial charge on any atom is 0.321 e. The van der Waals surface area contributed by atoms with E-state index in [-0.39, 0.29) is 6.03 Å². The van der Waals surface area contributed by atoms with Gasteiger partial charge in [0.25, 0.3) is 0 Å². The Kier molecular flexibility index (Phi) is 6.13. The summed E-state index contributed by atoms with van der Waals surface area (Å²) in [6.07, 6.45) is 1.58. The number of halogens is 1. The van der Waals surface area contributed by atoms with Crippen molar-refractivity contribution < 1.29 is 9.53 Å². The third-order valence-corrected chi connectivity index (χ3v) is 5.48. The van der Waals surface area contributed by atoms with Gasteiger partial charge in [-0.05, 0) is 30.3 Å². The largest absolute Gasteiger partial charge is 0.497 e. The third kappa shape index (κ3) is 4.71. The first kappa shape index (κ1) is 20.2. The molecule has 4 rings (SSSR count). The second-order valence-electron chi connectivity index (χ2n) is 6.91. The van der Waals surface area contributed by atoms with Crippen molar-refractivity contribution >= 4 is 33.5 Å². The number of nitrogens with one attached hydrogen (secondary N) is 1. The van der Waals surface area contributed by atoms with Crippen LogP contribution in [0.3, 0.4) is 0 Å². The highest BCUT2D eigenvalue weighted by molar-refractivity contribution is 9.10. The van der Waals surface area contributed by atoms with Crippen LogP contribution in [0.15, 0.2) is 65.4 Å². The van der Waals surface area contributed by atoms with Gasteiger partial charge in [-0.2, -0.15) is 0 Å². The molecule has 3 aromatic rings. The van der Waals surface area contributed by atoms with Crippen LogP contribution in [0.25, 0.3) is 11.3 Å². The summed E-state index contributed by atoms with van der Waals surface area (Å²) in [5, 5.41) is 2.95. The molecule has 154 valence electrons. The summed E-state index contributed by atoms with van der Waals surface area (Å²) in [5.74, 6) is 1.65. The number of aromatic nitrogens is 2. The number of benzene rings is 2. The summed E-state index contributed by atoms with van der Waals surface area (Å²) in [4.78, 5) is 25.4. The van der Waals surface area contributed by atoms with Crippen molar-refractivity contribution in [2.75, 3.05) is 43.5 Å². The van der Waals surface area contributed by atoms with E-state index in [1.807, 2.05) is 59.5 Å². The fourth-order valence-corrected chi connectivity index (χ4v) is 3.77. The second-order valence-corrected chi connectivity index (χ2v) is 7.82. The molecule has 2 aromatic carbocycles. The molecular weight excluding hydrogens is 446 g/mol. The fourth-order valence-electron chi connectivity index (χ4n) is 3.37. The van der Waals surface area contributed by atoms with E-state index in [9.17, 15) is 4.79 Å². The van der Waals surface area contributed by atoms with E-state index in [1.54, 1.807) is 13.4 Å². The lowest BCUT2D eigenvalue weighted by Crippen LogP contribution is -2.50. The molecule has 1 aliphatic heterocycles. The highest BCUT2D eigenvalue weighted by Gasteiger charge is 2.22. The van der Waals surface area contributed by atoms with Gasteiger partial charge < -0.3 is 19.9 Å². The Balaban J connectivity index is 1.40. The van der Waals surface area contributed by atoms with Gasteiger partial charge in [0.15, 0.2) is 0 Å². The maximum atomic E-state index is 12.6. The van der Waals surface area contributed by atoms with Crippen molar-refractivity contribution in [3.05, 3.63) is 65.4 Å². The number of carbonyl (C=O) groups is 1. The first-order valence-corrected chi connectivity index (χ1v) is 10.4. The lowest BCUT2D eigenvalue weighted by Gasteiger charge is -2.35. The minimum Gasteiger partial charge on any atom is -0.497 e. The predicted octanol–water partition coefficient (Wildman–Crippen LogP) is 4.27. The van der Waals surface area contributed by atoms with Gasteiger partial charge in [0.05, 0.1) is 12.8 Å². The quantitative estimate of drug-likeness (QED) is 0.620. The maximum absolute atomic E-state index is 12.6. The van der Waals surface area contributed by atoms with Gasteiger partial charge in [0.2, 0.25) is 0 Å². The Morgan fingerprint density at radius 1 is 1.03 bits per heavy atom. The van der Waals surface area contributed by atoms with Crippen molar-refractivity contribution in [1.29, 1.82) is 0 Å². The van der Waals surface area contributed by atoms with Crippen molar-refractivity contribution in [3.8, 4) is 17.0 Å². The molecule has 0 spiro atoms. The molecule has 7 nitrogen and oxygen atoms in total. The predicted molar refractivity (Wildman–Crippen MR) is 121 cm³/mol. The summed E-state index contributed by atoms with van der Waals surface area (Å²) in [5.41, 5.74) is 2.59. The molecule has 0 unspecified atom stereocenters. The molecule has 1 saturated heterocycles. The van der Waals surface area contributed by atoms with Gasteiger partial charge in [0.1, 0.15) is 17.9 Å². The molecule has 0 atom stereocenters. The molecule has 1 fully saturated rings. The van der Waals surface area contributed by atoms with E-state index in [0.29, 0.717) is 26.2 Å². The SMILES string of the molecule is COc1cccc(-c2cc(N3CCN(C(=O)Nc4cccc(Br)c4)CC3)ncn2)c1. The molecule has 0 radical (unpaired) electrons. The van der Waals surface area contributed by atoms with Crippen LogP contribution in [-0.2, 0) is 0 Å². The van der Waals surface area contributed by atoms with Crippen LogP contribution >= 0.6 is 15.9 Å². The summed E-state index contributed by atoms with van der Waals surface area (Å²) < 4.78 is 6.24. The molecule has 1 aliphatic rings. The Morgan fingerprint density at radius 3 is 2.60 bits per heavy atom. The van der Waals surface area contributed by atoms with Gasteiger partial charge in [0, 0.05) is 48.0 Å². The molecule has 2 amide bonds. The molecule has 1 N–H and O–H groups in total. The summed E-state index contributed by atoms with van der Waals surface area (Å²) in [7, 11) is 1.65. The van der Waals surface area contributed by atoms with Gasteiger partial charge >= 0.3 is 6.03 Å². The van der Waals surface area contributed by atoms with Crippen LogP contribution in [0.5, 0.6) is 5.75 Å². The lowest BCUT2D eigenvalue weighted by atomic mass is 10.1. The number of ether oxygens (including phenoxy) is 1. The zero-order valence-corrected chi connectivity index (χ0v) is 18.2. The molecule has 8 heteroatoms. The zero-order valence-electron chi connectivity index (χ0n) is 16.6. The molecule has 0 saturated carbocycles. The zero-order chi connectivity index (χ0) is 20.9. The van der Waals surface area contributed by atoms with Gasteiger partial charge in [-0.3, -0.25) is 0 Å². The van der Waals surface area contributed by atoms with Gasteiger partial charge in [-0.1, -0.05) is 34.1 Å². The van der Waals surface area contributed by atoms with E-state index in [0.717, 1.165) is 33.0 Å². The second kappa shape index (κ2) is 9.13. The topological polar surface area (TPSA) is 70.6 Å². The number of nitrogens with zero attached hydrogens (tertiary/aromatic N) is 4. The number of carbonyl (C=O) groups excluding carboxylic acids is 1. The van der Waals surface area contributed by atoms with Crippen LogP contribution in [0.2, 0.25) is 0 Å². The fraction of sp³-hybridized carbons (Fsp3) is 0.227. The van der Waals surface area contributed by atoms with E-state index in [4.69, 9.17) is 4.74 Å². The Hall–Kier alpha value is -3.13. The number of anilines is 2. The van der Waals surface area contributed by atoms with Crippen molar-refractivity contribution in [1.82, 2.24) is 14.9 Å². The molecule has 1 aromatic heterocycles. The Labute approximate surface area is 183 Å². The average molecular weight is 468 g/mol. The van der Waals surface area contributed by atoms with E-state index in [1.165, 1.54) is 0 Å². The van der Waals surface area contributed by atoms with E-state index >= 15 is 0 Å². The highest BCUT2D eigenvalue weighted by Crippen LogP contribution is 2.25. The average Bonchev–Trinajstić information content (AvgIpc) is 2.79. The molecule has 2 heterocycles.